The van der Waals surface area contributed by atoms with Gasteiger partial charge in [-0.05, 0) is 18.6 Å². The number of methoxy groups -OCH3 is 2. The van der Waals surface area contributed by atoms with Crippen LogP contribution in [0.15, 0.2) is 18.2 Å². The number of benzene rings is 1. The Hall–Kier alpha value is -2.28. The molecule has 7 nitrogen and oxygen atoms in total. The van der Waals surface area contributed by atoms with Gasteiger partial charge in [-0.15, -0.1) is 0 Å². The van der Waals surface area contributed by atoms with Crippen molar-refractivity contribution in [2.75, 3.05) is 26.1 Å². The van der Waals surface area contributed by atoms with Crippen molar-refractivity contribution in [2.45, 2.75) is 19.4 Å². The molecule has 1 atom stereocenters. The topological polar surface area (TPSA) is 96.9 Å². The maximum Gasteiger partial charge on any atom is 0.313 e. The number of aliphatic hydroxyl groups is 1. The van der Waals surface area contributed by atoms with Gasteiger partial charge in [-0.1, -0.05) is 6.92 Å². The number of amides is 2. The van der Waals surface area contributed by atoms with Crippen molar-refractivity contribution in [2.24, 2.45) is 0 Å². The number of nitrogens with one attached hydrogen (secondary N) is 2. The van der Waals surface area contributed by atoms with Crippen LogP contribution in [0, 0.1) is 0 Å². The molecule has 0 aromatic heterocycles. The standard InChI is InChI=1S/C14H20N2O5/c1-4-9(8-17)15-13(18)14(19)16-11-6-5-10(20-2)7-12(11)21-3/h5-7,9,17H,4,8H2,1-3H3,(H,15,18)(H,16,19). The third-order valence-electron chi connectivity index (χ3n) is 2.91. The summed E-state index contributed by atoms with van der Waals surface area (Å²) in [7, 11) is 2.96. The summed E-state index contributed by atoms with van der Waals surface area (Å²) in [5, 5.41) is 13.9. The molecular weight excluding hydrogens is 276 g/mol. The first-order valence-corrected chi connectivity index (χ1v) is 6.50. The van der Waals surface area contributed by atoms with E-state index in [0.29, 0.717) is 23.6 Å². The van der Waals surface area contributed by atoms with E-state index in [9.17, 15) is 9.59 Å². The van der Waals surface area contributed by atoms with Gasteiger partial charge in [-0.3, -0.25) is 9.59 Å². The number of rotatable bonds is 6. The summed E-state index contributed by atoms with van der Waals surface area (Å²) in [4.78, 5) is 23.5. The summed E-state index contributed by atoms with van der Waals surface area (Å²) in [6.45, 7) is 1.58. The summed E-state index contributed by atoms with van der Waals surface area (Å²) < 4.78 is 10.2. The third-order valence-corrected chi connectivity index (χ3v) is 2.91. The average molecular weight is 296 g/mol. The van der Waals surface area contributed by atoms with E-state index in [2.05, 4.69) is 10.6 Å². The van der Waals surface area contributed by atoms with Crippen molar-refractivity contribution in [3.05, 3.63) is 18.2 Å². The first-order valence-electron chi connectivity index (χ1n) is 6.50. The Kier molecular flexibility index (Phi) is 6.48. The number of aliphatic hydroxyl groups excluding tert-OH is 1. The summed E-state index contributed by atoms with van der Waals surface area (Å²) in [5.74, 6) is -0.690. The lowest BCUT2D eigenvalue weighted by atomic mass is 10.2. The number of hydrogen-bond acceptors (Lipinski definition) is 5. The molecule has 0 saturated carbocycles. The molecule has 0 heterocycles. The van der Waals surface area contributed by atoms with Crippen LogP contribution in [0.2, 0.25) is 0 Å². The highest BCUT2D eigenvalue weighted by Crippen LogP contribution is 2.28. The molecule has 0 radical (unpaired) electrons. The molecule has 0 aliphatic rings. The molecule has 116 valence electrons. The maximum absolute atomic E-state index is 11.8. The molecule has 0 bridgehead atoms. The van der Waals surface area contributed by atoms with E-state index in [0.717, 1.165) is 0 Å². The molecule has 1 aromatic rings. The van der Waals surface area contributed by atoms with E-state index in [4.69, 9.17) is 14.6 Å². The van der Waals surface area contributed by atoms with E-state index in [-0.39, 0.29) is 6.61 Å². The highest BCUT2D eigenvalue weighted by atomic mass is 16.5. The smallest absolute Gasteiger partial charge is 0.313 e. The van der Waals surface area contributed by atoms with E-state index >= 15 is 0 Å². The second kappa shape index (κ2) is 8.11. The zero-order chi connectivity index (χ0) is 15.8. The highest BCUT2D eigenvalue weighted by Gasteiger charge is 2.18. The van der Waals surface area contributed by atoms with Gasteiger partial charge < -0.3 is 25.2 Å². The summed E-state index contributed by atoms with van der Waals surface area (Å²) in [5.41, 5.74) is 0.357. The number of ether oxygens (including phenoxy) is 2. The lowest BCUT2D eigenvalue weighted by Gasteiger charge is -2.15. The molecule has 21 heavy (non-hydrogen) atoms. The molecule has 1 aromatic carbocycles. The second-order valence-electron chi connectivity index (χ2n) is 4.28. The van der Waals surface area contributed by atoms with Gasteiger partial charge >= 0.3 is 11.8 Å². The zero-order valence-corrected chi connectivity index (χ0v) is 12.3. The Morgan fingerprint density at radius 3 is 2.48 bits per heavy atom. The molecule has 1 unspecified atom stereocenters. The monoisotopic (exact) mass is 296 g/mol. The molecule has 3 N–H and O–H groups in total. The van der Waals surface area contributed by atoms with Crippen LogP contribution in [0.4, 0.5) is 5.69 Å². The van der Waals surface area contributed by atoms with Crippen LogP contribution in [-0.4, -0.2) is 43.8 Å². The van der Waals surface area contributed by atoms with Gasteiger partial charge in [0, 0.05) is 6.07 Å². The van der Waals surface area contributed by atoms with Crippen molar-refractivity contribution < 1.29 is 24.2 Å². The van der Waals surface area contributed by atoms with E-state index in [1.54, 1.807) is 25.1 Å². The van der Waals surface area contributed by atoms with Gasteiger partial charge in [0.25, 0.3) is 0 Å². The molecule has 2 amide bonds. The van der Waals surface area contributed by atoms with Crippen LogP contribution in [0.3, 0.4) is 0 Å². The van der Waals surface area contributed by atoms with Gasteiger partial charge in [-0.2, -0.15) is 0 Å². The fourth-order valence-corrected chi connectivity index (χ4v) is 1.61. The minimum absolute atomic E-state index is 0.221. The van der Waals surface area contributed by atoms with E-state index in [1.807, 2.05) is 0 Å². The quantitative estimate of drug-likeness (QED) is 0.665. The minimum atomic E-state index is -0.828. The Balaban J connectivity index is 2.76. The lowest BCUT2D eigenvalue weighted by Crippen LogP contribution is -2.43. The van der Waals surface area contributed by atoms with Crippen LogP contribution in [0.25, 0.3) is 0 Å². The summed E-state index contributed by atoms with van der Waals surface area (Å²) in [6, 6.07) is 4.36. The Morgan fingerprint density at radius 2 is 1.95 bits per heavy atom. The Morgan fingerprint density at radius 1 is 1.24 bits per heavy atom. The largest absolute Gasteiger partial charge is 0.497 e. The number of anilines is 1. The van der Waals surface area contributed by atoms with Crippen LogP contribution >= 0.6 is 0 Å². The van der Waals surface area contributed by atoms with Gasteiger partial charge in [0.15, 0.2) is 0 Å². The third kappa shape index (κ3) is 4.64. The first-order chi connectivity index (χ1) is 10.0. The number of carbonyl (C=O) groups excluding carboxylic acids is 2. The van der Waals surface area contributed by atoms with Gasteiger partial charge in [0.1, 0.15) is 11.5 Å². The van der Waals surface area contributed by atoms with Crippen molar-refractivity contribution in [3.8, 4) is 11.5 Å². The number of carbonyl (C=O) groups is 2. The molecule has 0 aliphatic carbocycles. The first kappa shape index (κ1) is 16.8. The van der Waals surface area contributed by atoms with E-state index in [1.165, 1.54) is 14.2 Å². The zero-order valence-electron chi connectivity index (χ0n) is 12.3. The predicted molar refractivity (Wildman–Crippen MR) is 77.5 cm³/mol. The molecule has 0 spiro atoms. The predicted octanol–water partition coefficient (Wildman–Crippen LogP) is 0.529. The number of hydrogen-bond donors (Lipinski definition) is 3. The molecule has 1 rings (SSSR count). The van der Waals surface area contributed by atoms with Gasteiger partial charge in [0.05, 0.1) is 32.6 Å². The van der Waals surface area contributed by atoms with Gasteiger partial charge in [0.2, 0.25) is 0 Å². The van der Waals surface area contributed by atoms with Crippen molar-refractivity contribution in [3.63, 3.8) is 0 Å². The van der Waals surface area contributed by atoms with Crippen LogP contribution < -0.4 is 20.1 Å². The SMILES string of the molecule is CCC(CO)NC(=O)C(=O)Nc1ccc(OC)cc1OC. The second-order valence-corrected chi connectivity index (χ2v) is 4.28. The molecular formula is C14H20N2O5. The van der Waals surface area contributed by atoms with E-state index < -0.39 is 17.9 Å². The average Bonchev–Trinajstić information content (AvgIpc) is 2.52. The van der Waals surface area contributed by atoms with Crippen molar-refractivity contribution in [1.29, 1.82) is 0 Å². The Labute approximate surface area is 123 Å². The van der Waals surface area contributed by atoms with Crippen LogP contribution in [0.5, 0.6) is 11.5 Å². The fraction of sp³-hybridized carbons (Fsp3) is 0.429. The lowest BCUT2D eigenvalue weighted by molar-refractivity contribution is -0.136. The fourth-order valence-electron chi connectivity index (χ4n) is 1.61. The van der Waals surface area contributed by atoms with Crippen LogP contribution in [0.1, 0.15) is 13.3 Å². The van der Waals surface area contributed by atoms with Gasteiger partial charge in [-0.25, -0.2) is 0 Å². The molecule has 7 heteroatoms. The summed E-state index contributed by atoms with van der Waals surface area (Å²) in [6.07, 6.45) is 0.529. The van der Waals surface area contributed by atoms with Crippen molar-refractivity contribution in [1.82, 2.24) is 5.32 Å². The molecule has 0 saturated heterocycles. The van der Waals surface area contributed by atoms with Crippen molar-refractivity contribution >= 4 is 17.5 Å². The highest BCUT2D eigenvalue weighted by molar-refractivity contribution is 6.39. The molecule has 0 aliphatic heterocycles. The van der Waals surface area contributed by atoms with Crippen LogP contribution in [-0.2, 0) is 9.59 Å². The summed E-state index contributed by atoms with van der Waals surface area (Å²) >= 11 is 0. The normalized spacial score (nSPS) is 11.4. The maximum atomic E-state index is 11.8. The molecule has 0 fully saturated rings. The Bertz CT molecular complexity index is 500. The minimum Gasteiger partial charge on any atom is -0.497 e.